The number of amidine groups is 1. The fourth-order valence-electron chi connectivity index (χ4n) is 3.40. The van der Waals surface area contributed by atoms with E-state index >= 15 is 0 Å². The summed E-state index contributed by atoms with van der Waals surface area (Å²) in [4.78, 5) is 14.4. The summed E-state index contributed by atoms with van der Waals surface area (Å²) in [7, 11) is -2.60. The van der Waals surface area contributed by atoms with E-state index in [0.717, 1.165) is 41.6 Å². The van der Waals surface area contributed by atoms with E-state index in [1.54, 1.807) is 31.2 Å². The third-order valence-corrected chi connectivity index (χ3v) is 7.64. The molecule has 10 heteroatoms. The molecule has 0 bridgehead atoms. The molecule has 0 aromatic heterocycles. The molecule has 0 saturated carbocycles. The molecule has 1 fully saturated rings. The van der Waals surface area contributed by atoms with E-state index < -0.39 is 15.8 Å². The molecule has 0 radical (unpaired) electrons. The molecule has 36 heavy (non-hydrogen) atoms. The van der Waals surface area contributed by atoms with Crippen LogP contribution in [0.5, 0.6) is 11.5 Å². The Morgan fingerprint density at radius 1 is 1.03 bits per heavy atom. The van der Waals surface area contributed by atoms with Gasteiger partial charge in [-0.2, -0.15) is 8.42 Å². The predicted octanol–water partition coefficient (Wildman–Crippen LogP) is 5.09. The topological polar surface area (TPSA) is 85.3 Å². The van der Waals surface area contributed by atoms with Gasteiger partial charge in [0.2, 0.25) is 0 Å². The standard InChI is InChI=1S/C26H23FN2O5S2/c1-3-29-25(30)24(35-26(29)28-36(31,32)21-12-10-20(27)11-13-21)16-19-9-14-22(23(15-19)33-2)34-17-18-7-5-4-6-8-18/h4-16H,3,17H2,1-2H3/b24-16-,28-26+. The monoisotopic (exact) mass is 526 g/mol. The number of amides is 1. The molecule has 0 N–H and O–H groups in total. The van der Waals surface area contributed by atoms with Gasteiger partial charge < -0.3 is 9.47 Å². The van der Waals surface area contributed by atoms with Crippen molar-refractivity contribution in [1.29, 1.82) is 0 Å². The van der Waals surface area contributed by atoms with E-state index in [1.807, 2.05) is 30.3 Å². The van der Waals surface area contributed by atoms with Crippen LogP contribution in [-0.2, 0) is 21.4 Å². The first-order valence-electron chi connectivity index (χ1n) is 11.0. The van der Waals surface area contributed by atoms with Gasteiger partial charge in [-0.15, -0.1) is 4.40 Å². The third-order valence-electron chi connectivity index (χ3n) is 5.24. The number of hydrogen-bond acceptors (Lipinski definition) is 6. The van der Waals surface area contributed by atoms with Gasteiger partial charge >= 0.3 is 0 Å². The van der Waals surface area contributed by atoms with Gasteiger partial charge in [-0.05, 0) is 72.3 Å². The van der Waals surface area contributed by atoms with E-state index in [2.05, 4.69) is 4.40 Å². The number of benzene rings is 3. The average molecular weight is 527 g/mol. The van der Waals surface area contributed by atoms with E-state index in [0.29, 0.717) is 28.6 Å². The maximum absolute atomic E-state index is 13.2. The van der Waals surface area contributed by atoms with Gasteiger partial charge in [-0.1, -0.05) is 36.4 Å². The van der Waals surface area contributed by atoms with Crippen LogP contribution in [0.2, 0.25) is 0 Å². The minimum absolute atomic E-state index is 0.0351. The molecule has 1 aliphatic heterocycles. The minimum atomic E-state index is -4.13. The molecule has 1 heterocycles. The molecular weight excluding hydrogens is 503 g/mol. The average Bonchev–Trinajstić information content (AvgIpc) is 3.16. The van der Waals surface area contributed by atoms with Crippen molar-refractivity contribution < 1.29 is 27.1 Å². The normalized spacial score (nSPS) is 16.1. The predicted molar refractivity (Wildman–Crippen MR) is 138 cm³/mol. The molecule has 1 saturated heterocycles. The molecule has 4 rings (SSSR count). The Hall–Kier alpha value is -3.63. The van der Waals surface area contributed by atoms with E-state index in [4.69, 9.17) is 9.47 Å². The van der Waals surface area contributed by atoms with Crippen LogP contribution in [0.4, 0.5) is 4.39 Å². The molecule has 3 aromatic carbocycles. The Kier molecular flexibility index (Phi) is 7.76. The van der Waals surface area contributed by atoms with Crippen molar-refractivity contribution >= 4 is 38.9 Å². The van der Waals surface area contributed by atoms with Crippen molar-refractivity contribution in [3.05, 3.63) is 94.6 Å². The molecule has 0 atom stereocenters. The molecular formula is C26H23FN2O5S2. The first-order valence-corrected chi connectivity index (χ1v) is 13.2. The fourth-order valence-corrected chi connectivity index (χ4v) is 5.64. The van der Waals surface area contributed by atoms with Gasteiger partial charge in [-0.3, -0.25) is 9.69 Å². The van der Waals surface area contributed by atoms with Crippen LogP contribution < -0.4 is 9.47 Å². The van der Waals surface area contributed by atoms with Crippen LogP contribution >= 0.6 is 11.8 Å². The minimum Gasteiger partial charge on any atom is -0.493 e. The highest BCUT2D eigenvalue weighted by atomic mass is 32.2. The van der Waals surface area contributed by atoms with Gasteiger partial charge in [0.1, 0.15) is 12.4 Å². The number of ether oxygens (including phenoxy) is 2. The highest BCUT2D eigenvalue weighted by Gasteiger charge is 2.34. The van der Waals surface area contributed by atoms with Crippen LogP contribution in [0, 0.1) is 5.82 Å². The quantitative estimate of drug-likeness (QED) is 0.380. The van der Waals surface area contributed by atoms with E-state index in [1.165, 1.54) is 12.0 Å². The highest BCUT2D eigenvalue weighted by molar-refractivity contribution is 8.19. The van der Waals surface area contributed by atoms with Crippen molar-refractivity contribution in [2.45, 2.75) is 18.4 Å². The Morgan fingerprint density at radius 3 is 2.42 bits per heavy atom. The summed E-state index contributed by atoms with van der Waals surface area (Å²) in [6.45, 7) is 2.33. The van der Waals surface area contributed by atoms with Crippen molar-refractivity contribution in [2.75, 3.05) is 13.7 Å². The number of carbonyl (C=O) groups excluding carboxylic acids is 1. The van der Waals surface area contributed by atoms with Crippen molar-refractivity contribution in [3.8, 4) is 11.5 Å². The number of likely N-dealkylation sites (N-methyl/N-ethyl adjacent to an activating group) is 1. The summed E-state index contributed by atoms with van der Waals surface area (Å²) < 4.78 is 53.8. The van der Waals surface area contributed by atoms with Crippen molar-refractivity contribution in [3.63, 3.8) is 0 Å². The first kappa shape index (κ1) is 25.5. The number of halogens is 1. The van der Waals surface area contributed by atoms with Crippen molar-refractivity contribution in [2.24, 2.45) is 4.40 Å². The lowest BCUT2D eigenvalue weighted by atomic mass is 10.1. The van der Waals surface area contributed by atoms with Gasteiger partial charge in [-0.25, -0.2) is 4.39 Å². The molecule has 186 valence electrons. The molecule has 0 unspecified atom stereocenters. The lowest BCUT2D eigenvalue weighted by Gasteiger charge is -2.12. The van der Waals surface area contributed by atoms with E-state index in [-0.39, 0.29) is 22.5 Å². The van der Waals surface area contributed by atoms with E-state index in [9.17, 15) is 17.6 Å². The summed E-state index contributed by atoms with van der Waals surface area (Å²) in [5, 5.41) is 0.0351. The maximum atomic E-state index is 13.2. The lowest BCUT2D eigenvalue weighted by Crippen LogP contribution is -2.29. The number of methoxy groups -OCH3 is 1. The Morgan fingerprint density at radius 2 is 1.75 bits per heavy atom. The lowest BCUT2D eigenvalue weighted by molar-refractivity contribution is -0.122. The highest BCUT2D eigenvalue weighted by Crippen LogP contribution is 2.35. The number of thioether (sulfide) groups is 1. The second kappa shape index (κ2) is 11.0. The largest absolute Gasteiger partial charge is 0.493 e. The molecule has 1 aliphatic rings. The molecule has 7 nitrogen and oxygen atoms in total. The number of hydrogen-bond donors (Lipinski definition) is 0. The number of carbonyl (C=O) groups is 1. The van der Waals surface area contributed by atoms with Gasteiger partial charge in [0, 0.05) is 6.54 Å². The SMILES string of the molecule is CCN1C(=O)/C(=C/c2ccc(OCc3ccccc3)c(OC)c2)S/C1=N/S(=O)(=O)c1ccc(F)cc1. The third kappa shape index (κ3) is 5.77. The number of sulfonamides is 1. The van der Waals surface area contributed by atoms with Crippen LogP contribution in [-0.4, -0.2) is 38.0 Å². The van der Waals surface area contributed by atoms with Crippen LogP contribution in [0.1, 0.15) is 18.1 Å². The maximum Gasteiger partial charge on any atom is 0.284 e. The zero-order chi connectivity index (χ0) is 25.7. The van der Waals surface area contributed by atoms with Crippen molar-refractivity contribution in [1.82, 2.24) is 4.90 Å². The van der Waals surface area contributed by atoms with Gasteiger partial charge in [0.15, 0.2) is 16.7 Å². The Labute approximate surface area is 213 Å². The van der Waals surface area contributed by atoms with Crippen LogP contribution in [0.25, 0.3) is 6.08 Å². The Bertz CT molecular complexity index is 1420. The number of nitrogens with zero attached hydrogens (tertiary/aromatic N) is 2. The summed E-state index contributed by atoms with van der Waals surface area (Å²) in [5.74, 6) is 0.130. The van der Waals surface area contributed by atoms with Crippen LogP contribution in [0.3, 0.4) is 0 Å². The summed E-state index contributed by atoms with van der Waals surface area (Å²) in [6, 6.07) is 19.4. The van der Waals surface area contributed by atoms with Gasteiger partial charge in [0.25, 0.3) is 15.9 Å². The Balaban J connectivity index is 1.57. The number of rotatable bonds is 8. The van der Waals surface area contributed by atoms with Gasteiger partial charge in [0.05, 0.1) is 16.9 Å². The summed E-state index contributed by atoms with van der Waals surface area (Å²) >= 11 is 0.958. The zero-order valence-electron chi connectivity index (χ0n) is 19.5. The molecule has 0 spiro atoms. The molecule has 3 aromatic rings. The molecule has 1 amide bonds. The smallest absolute Gasteiger partial charge is 0.284 e. The summed E-state index contributed by atoms with van der Waals surface area (Å²) in [5.41, 5.74) is 1.69. The zero-order valence-corrected chi connectivity index (χ0v) is 21.2. The first-order chi connectivity index (χ1) is 17.3. The van der Waals surface area contributed by atoms with Crippen LogP contribution in [0.15, 0.2) is 87.0 Å². The second-order valence-electron chi connectivity index (χ2n) is 7.65. The fraction of sp³-hybridized carbons (Fsp3) is 0.154. The molecule has 0 aliphatic carbocycles. The summed E-state index contributed by atoms with van der Waals surface area (Å²) in [6.07, 6.45) is 1.65. The second-order valence-corrected chi connectivity index (χ2v) is 10.3.